The van der Waals surface area contributed by atoms with Crippen LogP contribution in [0, 0.1) is 26.2 Å². The Morgan fingerprint density at radius 1 is 0.923 bits per heavy atom. The molecule has 0 saturated carbocycles. The summed E-state index contributed by atoms with van der Waals surface area (Å²) in [5.41, 5.74) is 10.1. The summed E-state index contributed by atoms with van der Waals surface area (Å²) in [7, 11) is 4.09. The van der Waals surface area contributed by atoms with Crippen molar-refractivity contribution in [2.75, 3.05) is 19.0 Å². The summed E-state index contributed by atoms with van der Waals surface area (Å²) in [6, 6.07) is 10.7. The molecule has 0 heterocycles. The van der Waals surface area contributed by atoms with Gasteiger partial charge in [-0.1, -0.05) is 42.0 Å². The SMILES string of the molecule is CC1=CC=CC1c1ccc(N(C)C)cc1C(=N)c1ccc(C)c(C)c1C. The van der Waals surface area contributed by atoms with Crippen LogP contribution >= 0.6 is 0 Å². The molecule has 0 saturated heterocycles. The van der Waals surface area contributed by atoms with Crippen molar-refractivity contribution in [3.8, 4) is 0 Å². The van der Waals surface area contributed by atoms with Crippen molar-refractivity contribution in [3.63, 3.8) is 0 Å². The minimum atomic E-state index is 0.258. The van der Waals surface area contributed by atoms with Gasteiger partial charge in [-0.25, -0.2) is 0 Å². The molecule has 1 aliphatic carbocycles. The van der Waals surface area contributed by atoms with Crippen molar-refractivity contribution >= 4 is 11.4 Å². The number of aryl methyl sites for hydroxylation is 1. The monoisotopic (exact) mass is 344 g/mol. The maximum atomic E-state index is 9.02. The highest BCUT2D eigenvalue weighted by molar-refractivity contribution is 6.13. The Kier molecular flexibility index (Phi) is 4.86. The topological polar surface area (TPSA) is 27.1 Å². The van der Waals surface area contributed by atoms with E-state index in [1.165, 1.54) is 27.8 Å². The van der Waals surface area contributed by atoms with Crippen molar-refractivity contribution in [2.45, 2.75) is 33.6 Å². The molecular weight excluding hydrogens is 316 g/mol. The minimum absolute atomic E-state index is 0.258. The maximum absolute atomic E-state index is 9.02. The van der Waals surface area contributed by atoms with Crippen LogP contribution in [0.3, 0.4) is 0 Å². The fourth-order valence-electron chi connectivity index (χ4n) is 3.60. The summed E-state index contributed by atoms with van der Waals surface area (Å²) in [5.74, 6) is 0.258. The molecule has 0 bridgehead atoms. The van der Waals surface area contributed by atoms with E-state index in [9.17, 15) is 0 Å². The highest BCUT2D eigenvalue weighted by Gasteiger charge is 2.21. The van der Waals surface area contributed by atoms with Crippen molar-refractivity contribution in [3.05, 3.63) is 87.5 Å². The molecule has 0 aromatic heterocycles. The van der Waals surface area contributed by atoms with E-state index in [1.807, 2.05) is 14.1 Å². The lowest BCUT2D eigenvalue weighted by atomic mass is 9.85. The molecule has 1 atom stereocenters. The lowest BCUT2D eigenvalue weighted by Crippen LogP contribution is -2.14. The first kappa shape index (κ1) is 18.2. The Morgan fingerprint density at radius 3 is 2.27 bits per heavy atom. The molecule has 1 unspecified atom stereocenters. The first-order chi connectivity index (χ1) is 12.3. The molecule has 26 heavy (non-hydrogen) atoms. The van der Waals surface area contributed by atoms with Crippen molar-refractivity contribution in [1.82, 2.24) is 0 Å². The standard InChI is InChI=1S/C24H28N2/c1-15-10-12-21(18(4)17(15)3)24(25)23-14-19(26(5)6)11-13-22(23)20-9-7-8-16(20)2/h7-14,20,25H,1-6H3. The zero-order valence-corrected chi connectivity index (χ0v) is 16.6. The predicted molar refractivity (Wildman–Crippen MR) is 113 cm³/mol. The van der Waals surface area contributed by atoms with E-state index in [4.69, 9.17) is 5.41 Å². The van der Waals surface area contributed by atoms with E-state index in [-0.39, 0.29) is 5.92 Å². The highest BCUT2D eigenvalue weighted by atomic mass is 15.1. The molecule has 2 nitrogen and oxygen atoms in total. The second-order valence-corrected chi connectivity index (χ2v) is 7.49. The van der Waals surface area contributed by atoms with Crippen LogP contribution in [0.2, 0.25) is 0 Å². The van der Waals surface area contributed by atoms with E-state index in [0.29, 0.717) is 5.71 Å². The predicted octanol–water partition coefficient (Wildman–Crippen LogP) is 5.69. The number of nitrogens with one attached hydrogen (secondary N) is 1. The Morgan fingerprint density at radius 2 is 1.65 bits per heavy atom. The van der Waals surface area contributed by atoms with Gasteiger partial charge >= 0.3 is 0 Å². The molecule has 134 valence electrons. The Labute approximate surface area is 157 Å². The van der Waals surface area contributed by atoms with Crippen LogP contribution < -0.4 is 4.90 Å². The zero-order valence-electron chi connectivity index (χ0n) is 16.6. The van der Waals surface area contributed by atoms with Gasteiger partial charge in [0.15, 0.2) is 0 Å². The van der Waals surface area contributed by atoms with Gasteiger partial charge in [0.2, 0.25) is 0 Å². The molecule has 3 rings (SSSR count). The summed E-state index contributed by atoms with van der Waals surface area (Å²) in [6.07, 6.45) is 6.51. The van der Waals surface area contributed by atoms with Crippen LogP contribution in [0.4, 0.5) is 5.69 Å². The molecule has 2 heteroatoms. The summed E-state index contributed by atoms with van der Waals surface area (Å²) >= 11 is 0. The van der Waals surface area contributed by atoms with Crippen molar-refractivity contribution in [1.29, 1.82) is 5.41 Å². The maximum Gasteiger partial charge on any atom is 0.0691 e. The van der Waals surface area contributed by atoms with Crippen molar-refractivity contribution in [2.24, 2.45) is 0 Å². The zero-order chi connectivity index (χ0) is 19.0. The van der Waals surface area contributed by atoms with Gasteiger partial charge in [-0.15, -0.1) is 0 Å². The van der Waals surface area contributed by atoms with Crippen LogP contribution in [0.5, 0.6) is 0 Å². The smallest absolute Gasteiger partial charge is 0.0691 e. The Bertz CT molecular complexity index is 929. The molecule has 1 N–H and O–H groups in total. The van der Waals surface area contributed by atoms with Crippen LogP contribution in [-0.2, 0) is 0 Å². The van der Waals surface area contributed by atoms with E-state index in [2.05, 4.69) is 81.2 Å². The number of allylic oxidation sites excluding steroid dienone is 4. The number of hydrogen-bond acceptors (Lipinski definition) is 2. The largest absolute Gasteiger partial charge is 0.378 e. The highest BCUT2D eigenvalue weighted by Crippen LogP contribution is 2.35. The molecule has 0 amide bonds. The van der Waals surface area contributed by atoms with Gasteiger partial charge < -0.3 is 4.90 Å². The summed E-state index contributed by atoms with van der Waals surface area (Å²) in [6.45, 7) is 8.57. The fraction of sp³-hybridized carbons (Fsp3) is 0.292. The summed E-state index contributed by atoms with van der Waals surface area (Å²) in [4.78, 5) is 2.10. The lowest BCUT2D eigenvalue weighted by Gasteiger charge is -2.22. The summed E-state index contributed by atoms with van der Waals surface area (Å²) in [5, 5.41) is 9.02. The second-order valence-electron chi connectivity index (χ2n) is 7.49. The van der Waals surface area contributed by atoms with Gasteiger partial charge in [-0.2, -0.15) is 0 Å². The molecule has 0 spiro atoms. The number of rotatable bonds is 4. The van der Waals surface area contributed by atoms with Crippen LogP contribution in [0.1, 0.15) is 46.2 Å². The number of anilines is 1. The van der Waals surface area contributed by atoms with E-state index in [0.717, 1.165) is 16.8 Å². The van der Waals surface area contributed by atoms with Gasteiger partial charge in [-0.05, 0) is 62.1 Å². The van der Waals surface area contributed by atoms with Gasteiger partial charge in [0, 0.05) is 36.8 Å². The van der Waals surface area contributed by atoms with Crippen molar-refractivity contribution < 1.29 is 0 Å². The first-order valence-electron chi connectivity index (χ1n) is 9.13. The van der Waals surface area contributed by atoms with E-state index >= 15 is 0 Å². The minimum Gasteiger partial charge on any atom is -0.378 e. The summed E-state index contributed by atoms with van der Waals surface area (Å²) < 4.78 is 0. The third-order valence-electron chi connectivity index (χ3n) is 5.64. The fourth-order valence-corrected chi connectivity index (χ4v) is 3.60. The lowest BCUT2D eigenvalue weighted by molar-refractivity contribution is 1.00. The molecule has 2 aromatic carbocycles. The van der Waals surface area contributed by atoms with Crippen LogP contribution in [0.15, 0.2) is 54.1 Å². The quantitative estimate of drug-likeness (QED) is 0.708. The Balaban J connectivity index is 2.17. The van der Waals surface area contributed by atoms with E-state index < -0.39 is 0 Å². The van der Waals surface area contributed by atoms with Gasteiger partial charge in [0.25, 0.3) is 0 Å². The average molecular weight is 345 g/mol. The molecular formula is C24H28N2. The Hall–Kier alpha value is -2.61. The van der Waals surface area contributed by atoms with E-state index in [1.54, 1.807) is 0 Å². The molecule has 0 aliphatic heterocycles. The molecule has 2 aromatic rings. The number of nitrogens with zero attached hydrogens (tertiary/aromatic N) is 1. The van der Waals surface area contributed by atoms with Gasteiger partial charge in [0.1, 0.15) is 0 Å². The van der Waals surface area contributed by atoms with Crippen LogP contribution in [0.25, 0.3) is 0 Å². The second kappa shape index (κ2) is 6.95. The third-order valence-corrected chi connectivity index (χ3v) is 5.64. The third kappa shape index (κ3) is 3.12. The molecule has 1 aliphatic rings. The van der Waals surface area contributed by atoms with Gasteiger partial charge in [0.05, 0.1) is 5.71 Å². The first-order valence-corrected chi connectivity index (χ1v) is 9.13. The number of benzene rings is 2. The number of hydrogen-bond donors (Lipinski definition) is 1. The average Bonchev–Trinajstić information content (AvgIpc) is 3.04. The van der Waals surface area contributed by atoms with Gasteiger partial charge in [-0.3, -0.25) is 5.41 Å². The van der Waals surface area contributed by atoms with Crippen LogP contribution in [-0.4, -0.2) is 19.8 Å². The molecule has 0 radical (unpaired) electrons. The normalized spacial score (nSPS) is 15.9. The molecule has 0 fully saturated rings.